The summed E-state index contributed by atoms with van der Waals surface area (Å²) in [5.74, 6) is -0.135. The Morgan fingerprint density at radius 2 is 1.76 bits per heavy atom. The summed E-state index contributed by atoms with van der Waals surface area (Å²) in [6.07, 6.45) is 0. The average Bonchev–Trinajstić information content (AvgIpc) is 2.45. The van der Waals surface area contributed by atoms with Crippen LogP contribution in [0.15, 0.2) is 30.3 Å². The van der Waals surface area contributed by atoms with Crippen LogP contribution >= 0.6 is 11.6 Å². The van der Waals surface area contributed by atoms with Crippen molar-refractivity contribution in [3.63, 3.8) is 0 Å². The molecule has 0 aliphatic carbocycles. The Balaban J connectivity index is 2.15. The summed E-state index contributed by atoms with van der Waals surface area (Å²) >= 11 is 5.80. The summed E-state index contributed by atoms with van der Waals surface area (Å²) in [6, 6.07) is 9.61. The molecular formula is C16H19ClFN3. The molecule has 0 fully saturated rings. The highest BCUT2D eigenvalue weighted by atomic mass is 35.5. The highest BCUT2D eigenvalue weighted by Crippen LogP contribution is 2.33. The summed E-state index contributed by atoms with van der Waals surface area (Å²) in [5, 5.41) is 2.86. The molecule has 5 N–H and O–H groups in total. The van der Waals surface area contributed by atoms with Gasteiger partial charge < -0.3 is 16.8 Å². The number of nitrogens with two attached hydrogens (primary N) is 2. The summed E-state index contributed by atoms with van der Waals surface area (Å²) in [6.45, 7) is 4.74. The van der Waals surface area contributed by atoms with Crippen LogP contribution in [0.5, 0.6) is 0 Å². The topological polar surface area (TPSA) is 64.1 Å². The lowest BCUT2D eigenvalue weighted by Gasteiger charge is -2.13. The van der Waals surface area contributed by atoms with Gasteiger partial charge in [0.15, 0.2) is 5.82 Å². The molecule has 2 aromatic rings. The molecule has 0 saturated carbocycles. The summed E-state index contributed by atoms with van der Waals surface area (Å²) < 4.78 is 14.0. The van der Waals surface area contributed by atoms with Crippen molar-refractivity contribution >= 4 is 28.7 Å². The van der Waals surface area contributed by atoms with E-state index in [4.69, 9.17) is 23.1 Å². The van der Waals surface area contributed by atoms with E-state index in [0.717, 1.165) is 5.56 Å². The molecule has 21 heavy (non-hydrogen) atoms. The van der Waals surface area contributed by atoms with Gasteiger partial charge in [-0.3, -0.25) is 0 Å². The van der Waals surface area contributed by atoms with Crippen LogP contribution in [0, 0.1) is 5.82 Å². The Labute approximate surface area is 129 Å². The van der Waals surface area contributed by atoms with Gasteiger partial charge in [0.1, 0.15) is 5.02 Å². The lowest BCUT2D eigenvalue weighted by atomic mass is 10.0. The Morgan fingerprint density at radius 3 is 2.33 bits per heavy atom. The van der Waals surface area contributed by atoms with Crippen LogP contribution in [0.2, 0.25) is 5.02 Å². The summed E-state index contributed by atoms with van der Waals surface area (Å²) in [7, 11) is 0. The van der Waals surface area contributed by atoms with Crippen LogP contribution in [0.1, 0.15) is 30.9 Å². The molecule has 0 aliphatic heterocycles. The van der Waals surface area contributed by atoms with Crippen LogP contribution in [0.25, 0.3) is 0 Å². The van der Waals surface area contributed by atoms with Crippen molar-refractivity contribution in [2.45, 2.75) is 26.3 Å². The first-order valence-electron chi connectivity index (χ1n) is 6.75. The van der Waals surface area contributed by atoms with Gasteiger partial charge in [0.25, 0.3) is 0 Å². The van der Waals surface area contributed by atoms with Gasteiger partial charge in [-0.25, -0.2) is 4.39 Å². The fourth-order valence-corrected chi connectivity index (χ4v) is 2.21. The zero-order chi connectivity index (χ0) is 15.6. The summed E-state index contributed by atoms with van der Waals surface area (Å²) in [4.78, 5) is 0. The van der Waals surface area contributed by atoms with Gasteiger partial charge in [0.05, 0.1) is 17.1 Å². The lowest BCUT2D eigenvalue weighted by molar-refractivity contribution is 0.632. The van der Waals surface area contributed by atoms with E-state index in [1.165, 1.54) is 11.6 Å². The van der Waals surface area contributed by atoms with Crippen LogP contribution < -0.4 is 16.8 Å². The molecule has 0 spiro atoms. The predicted octanol–water partition coefficient (Wildman–Crippen LogP) is 4.38. The Hall–Kier alpha value is -1.94. The van der Waals surface area contributed by atoms with E-state index in [-0.39, 0.29) is 22.1 Å². The highest BCUT2D eigenvalue weighted by molar-refractivity contribution is 6.33. The van der Waals surface area contributed by atoms with Crippen LogP contribution in [-0.4, -0.2) is 0 Å². The van der Waals surface area contributed by atoms with Gasteiger partial charge in [-0.2, -0.15) is 0 Å². The van der Waals surface area contributed by atoms with Crippen LogP contribution in [0.4, 0.5) is 21.5 Å². The Morgan fingerprint density at radius 1 is 1.14 bits per heavy atom. The van der Waals surface area contributed by atoms with Crippen molar-refractivity contribution in [1.29, 1.82) is 0 Å². The van der Waals surface area contributed by atoms with Crippen LogP contribution in [0.3, 0.4) is 0 Å². The minimum atomic E-state index is -0.618. The second-order valence-corrected chi connectivity index (χ2v) is 5.69. The highest BCUT2D eigenvalue weighted by Gasteiger charge is 2.13. The second-order valence-electron chi connectivity index (χ2n) is 5.31. The number of rotatable bonds is 4. The standard InChI is InChI=1S/C16H19ClFN3/c1-9(2)11-5-3-10(4-6-11)8-21-16-13(20)7-12(19)14(17)15(16)18/h3-7,9,21H,8,19-20H2,1-2H3. The second kappa shape index (κ2) is 6.22. The monoisotopic (exact) mass is 307 g/mol. The molecule has 2 rings (SSSR count). The Kier molecular flexibility index (Phi) is 4.58. The van der Waals surface area contributed by atoms with E-state index >= 15 is 0 Å². The first kappa shape index (κ1) is 15.4. The van der Waals surface area contributed by atoms with Crippen molar-refractivity contribution in [2.75, 3.05) is 16.8 Å². The molecule has 0 amide bonds. The number of hydrogen-bond donors (Lipinski definition) is 3. The van der Waals surface area contributed by atoms with Crippen molar-refractivity contribution in [3.05, 3.63) is 52.3 Å². The van der Waals surface area contributed by atoms with E-state index in [2.05, 4.69) is 31.3 Å². The number of benzene rings is 2. The van der Waals surface area contributed by atoms with Gasteiger partial charge in [0, 0.05) is 6.54 Å². The van der Waals surface area contributed by atoms with Gasteiger partial charge in [0.2, 0.25) is 0 Å². The minimum Gasteiger partial charge on any atom is -0.397 e. The van der Waals surface area contributed by atoms with Crippen molar-refractivity contribution in [2.24, 2.45) is 0 Å². The molecule has 0 heterocycles. The zero-order valence-corrected chi connectivity index (χ0v) is 12.8. The molecule has 112 valence electrons. The molecule has 3 nitrogen and oxygen atoms in total. The quantitative estimate of drug-likeness (QED) is 0.734. The fraction of sp³-hybridized carbons (Fsp3) is 0.250. The zero-order valence-electron chi connectivity index (χ0n) is 12.1. The number of nitrogens with one attached hydrogen (secondary N) is 1. The molecule has 0 radical (unpaired) electrons. The molecule has 0 aromatic heterocycles. The maximum atomic E-state index is 14.0. The third-order valence-corrected chi connectivity index (χ3v) is 3.77. The van der Waals surface area contributed by atoms with Gasteiger partial charge >= 0.3 is 0 Å². The van der Waals surface area contributed by atoms with Crippen molar-refractivity contribution < 1.29 is 4.39 Å². The van der Waals surface area contributed by atoms with Crippen LogP contribution in [-0.2, 0) is 6.54 Å². The van der Waals surface area contributed by atoms with Crippen molar-refractivity contribution in [3.8, 4) is 0 Å². The normalized spacial score (nSPS) is 10.9. The van der Waals surface area contributed by atoms with Crippen molar-refractivity contribution in [1.82, 2.24) is 0 Å². The molecule has 0 unspecified atom stereocenters. The number of nitrogen functional groups attached to an aromatic ring is 2. The van der Waals surface area contributed by atoms with Gasteiger partial charge in [-0.15, -0.1) is 0 Å². The van der Waals surface area contributed by atoms with Gasteiger partial charge in [-0.1, -0.05) is 49.7 Å². The van der Waals surface area contributed by atoms with E-state index in [0.29, 0.717) is 12.5 Å². The molecule has 5 heteroatoms. The third kappa shape index (κ3) is 3.39. The van der Waals surface area contributed by atoms with E-state index < -0.39 is 5.82 Å². The first-order valence-corrected chi connectivity index (χ1v) is 7.13. The Bertz CT molecular complexity index is 639. The molecule has 2 aromatic carbocycles. The largest absolute Gasteiger partial charge is 0.397 e. The minimum absolute atomic E-state index is 0.109. The molecule has 0 aliphatic rings. The maximum Gasteiger partial charge on any atom is 0.169 e. The first-order chi connectivity index (χ1) is 9.90. The van der Waals surface area contributed by atoms with E-state index in [1.54, 1.807) is 0 Å². The number of hydrogen-bond acceptors (Lipinski definition) is 3. The third-order valence-electron chi connectivity index (χ3n) is 3.38. The molecule has 0 atom stereocenters. The molecule has 0 saturated heterocycles. The van der Waals surface area contributed by atoms with Gasteiger partial charge in [-0.05, 0) is 23.1 Å². The fourth-order valence-electron chi connectivity index (χ4n) is 2.06. The molecular weight excluding hydrogens is 289 g/mol. The smallest absolute Gasteiger partial charge is 0.169 e. The number of anilines is 3. The lowest BCUT2D eigenvalue weighted by Crippen LogP contribution is -2.06. The average molecular weight is 308 g/mol. The number of halogens is 2. The molecule has 0 bridgehead atoms. The van der Waals surface area contributed by atoms with E-state index in [1.807, 2.05) is 12.1 Å². The van der Waals surface area contributed by atoms with E-state index in [9.17, 15) is 4.39 Å². The summed E-state index contributed by atoms with van der Waals surface area (Å²) in [5.41, 5.74) is 14.2. The predicted molar refractivity (Wildman–Crippen MR) is 88.1 cm³/mol. The SMILES string of the molecule is CC(C)c1ccc(CNc2c(N)cc(N)c(Cl)c2F)cc1. The maximum absolute atomic E-state index is 14.0.